The smallest absolute Gasteiger partial charge is 0.0664 e. The zero-order chi connectivity index (χ0) is 15.8. The lowest BCUT2D eigenvalue weighted by Crippen LogP contribution is -2.48. The summed E-state index contributed by atoms with van der Waals surface area (Å²) in [6, 6.07) is 1.04. The molecule has 2 heterocycles. The molecule has 0 bridgehead atoms. The molecular formula is C19H35N3. The lowest BCUT2D eigenvalue weighted by atomic mass is 9.94. The van der Waals surface area contributed by atoms with Crippen LogP contribution in [0.2, 0.25) is 0 Å². The van der Waals surface area contributed by atoms with E-state index in [2.05, 4.69) is 61.1 Å². The van der Waals surface area contributed by atoms with Crippen molar-refractivity contribution in [2.24, 2.45) is 11.8 Å². The summed E-state index contributed by atoms with van der Waals surface area (Å²) in [5.41, 5.74) is 3.53. The molecule has 3 nitrogen and oxygen atoms in total. The number of nitrogens with one attached hydrogen (secondary N) is 2. The minimum absolute atomic E-state index is 0.500. The van der Waals surface area contributed by atoms with Crippen molar-refractivity contribution in [1.82, 2.24) is 15.8 Å². The van der Waals surface area contributed by atoms with E-state index in [1.165, 1.54) is 44.9 Å². The zero-order valence-electron chi connectivity index (χ0n) is 14.7. The first-order chi connectivity index (χ1) is 10.7. The predicted molar refractivity (Wildman–Crippen MR) is 95.2 cm³/mol. The molecule has 3 atom stereocenters. The van der Waals surface area contributed by atoms with E-state index in [1.54, 1.807) is 0 Å². The first kappa shape index (κ1) is 17.4. The summed E-state index contributed by atoms with van der Waals surface area (Å²) in [6.45, 7) is 8.12. The van der Waals surface area contributed by atoms with Gasteiger partial charge in [-0.2, -0.15) is 0 Å². The van der Waals surface area contributed by atoms with Crippen LogP contribution in [-0.2, 0) is 0 Å². The largest absolute Gasteiger partial charge is 0.386 e. The van der Waals surface area contributed by atoms with E-state index < -0.39 is 0 Å². The second-order valence-electron chi connectivity index (χ2n) is 7.36. The molecule has 2 N–H and O–H groups in total. The molecule has 0 aliphatic carbocycles. The fourth-order valence-corrected chi connectivity index (χ4v) is 3.59. The molecule has 2 rings (SSSR count). The van der Waals surface area contributed by atoms with E-state index in [0.717, 1.165) is 12.5 Å². The van der Waals surface area contributed by atoms with E-state index in [0.29, 0.717) is 18.0 Å². The summed E-state index contributed by atoms with van der Waals surface area (Å²) in [6.07, 6.45) is 18.1. The van der Waals surface area contributed by atoms with Gasteiger partial charge in [0.1, 0.15) is 0 Å². The van der Waals surface area contributed by atoms with Gasteiger partial charge in [0.2, 0.25) is 0 Å². The van der Waals surface area contributed by atoms with Crippen LogP contribution in [0.25, 0.3) is 0 Å². The minimum atomic E-state index is 0.500. The molecule has 3 unspecified atom stereocenters. The van der Waals surface area contributed by atoms with Crippen LogP contribution >= 0.6 is 0 Å². The highest BCUT2D eigenvalue weighted by atomic mass is 15.5. The van der Waals surface area contributed by atoms with Crippen LogP contribution in [0.15, 0.2) is 24.6 Å². The number of rotatable bonds is 1. The van der Waals surface area contributed by atoms with Crippen LogP contribution in [0.4, 0.5) is 0 Å². The molecule has 3 heteroatoms. The quantitative estimate of drug-likeness (QED) is 0.760. The lowest BCUT2D eigenvalue weighted by Gasteiger charge is -2.33. The van der Waals surface area contributed by atoms with Gasteiger partial charge in [-0.1, -0.05) is 45.8 Å². The summed E-state index contributed by atoms with van der Waals surface area (Å²) in [4.78, 5) is 0. The fraction of sp³-hybridized carbons (Fsp3) is 0.789. The second-order valence-corrected chi connectivity index (χ2v) is 7.36. The van der Waals surface area contributed by atoms with Gasteiger partial charge in [-0.25, -0.2) is 5.43 Å². The SMILES string of the molecule is CC1CC/C=C\N2NCCC2C(C(C)C)N/C=C\CCCC1. The van der Waals surface area contributed by atoms with Crippen LogP contribution in [0, 0.1) is 11.8 Å². The molecule has 22 heavy (non-hydrogen) atoms. The van der Waals surface area contributed by atoms with Gasteiger partial charge in [0.25, 0.3) is 0 Å². The summed E-state index contributed by atoms with van der Waals surface area (Å²) in [5, 5.41) is 6.02. The number of allylic oxidation sites excluding steroid dienone is 2. The summed E-state index contributed by atoms with van der Waals surface area (Å²) < 4.78 is 0. The second kappa shape index (κ2) is 9.24. The Bertz CT molecular complexity index is 362. The van der Waals surface area contributed by atoms with Crippen molar-refractivity contribution in [3.8, 4) is 0 Å². The van der Waals surface area contributed by atoms with Crippen molar-refractivity contribution < 1.29 is 0 Å². The molecule has 2 aliphatic rings. The fourth-order valence-electron chi connectivity index (χ4n) is 3.59. The Balaban J connectivity index is 2.04. The van der Waals surface area contributed by atoms with E-state index in [1.807, 2.05) is 0 Å². The van der Waals surface area contributed by atoms with Crippen molar-refractivity contribution in [2.75, 3.05) is 6.54 Å². The first-order valence-corrected chi connectivity index (χ1v) is 9.28. The average Bonchev–Trinajstić information content (AvgIpc) is 2.93. The standard InChI is InChI=1S/C19H35N3/c1-16(2)19-18-12-14-21-22(18)15-9-7-11-17(3)10-6-4-5-8-13-20-19/h8-9,13,15-21H,4-7,10-12,14H2,1-3H3/b13-8-,15-9-. The van der Waals surface area contributed by atoms with Crippen molar-refractivity contribution in [3.63, 3.8) is 0 Å². The topological polar surface area (TPSA) is 27.3 Å². The van der Waals surface area contributed by atoms with E-state index >= 15 is 0 Å². The van der Waals surface area contributed by atoms with Gasteiger partial charge in [-0.15, -0.1) is 0 Å². The number of hydrogen-bond donors (Lipinski definition) is 2. The Hall–Kier alpha value is -0.960. The molecule has 2 aliphatic heterocycles. The summed E-state index contributed by atoms with van der Waals surface area (Å²) in [5.74, 6) is 1.48. The van der Waals surface area contributed by atoms with Gasteiger partial charge >= 0.3 is 0 Å². The van der Waals surface area contributed by atoms with Gasteiger partial charge < -0.3 is 10.3 Å². The van der Waals surface area contributed by atoms with Crippen LogP contribution in [0.5, 0.6) is 0 Å². The molecule has 1 fully saturated rings. The maximum atomic E-state index is 3.67. The minimum Gasteiger partial charge on any atom is -0.386 e. The Morgan fingerprint density at radius 2 is 1.91 bits per heavy atom. The Morgan fingerprint density at radius 3 is 2.73 bits per heavy atom. The lowest BCUT2D eigenvalue weighted by molar-refractivity contribution is 0.201. The van der Waals surface area contributed by atoms with E-state index in [-0.39, 0.29) is 0 Å². The molecule has 0 aromatic carbocycles. The third-order valence-corrected chi connectivity index (χ3v) is 5.04. The van der Waals surface area contributed by atoms with Crippen LogP contribution in [0.3, 0.4) is 0 Å². The molecule has 0 amide bonds. The highest BCUT2D eigenvalue weighted by Crippen LogP contribution is 2.20. The van der Waals surface area contributed by atoms with Gasteiger partial charge in [0.15, 0.2) is 0 Å². The van der Waals surface area contributed by atoms with Gasteiger partial charge in [-0.3, -0.25) is 0 Å². The molecule has 0 aromatic rings. The van der Waals surface area contributed by atoms with Crippen LogP contribution in [-0.4, -0.2) is 23.6 Å². The Morgan fingerprint density at radius 1 is 1.05 bits per heavy atom. The van der Waals surface area contributed by atoms with Crippen molar-refractivity contribution in [1.29, 1.82) is 0 Å². The highest BCUT2D eigenvalue weighted by molar-refractivity contribution is 4.98. The monoisotopic (exact) mass is 305 g/mol. The number of nitrogens with zero attached hydrogens (tertiary/aromatic N) is 1. The molecule has 126 valence electrons. The molecule has 0 spiro atoms. The average molecular weight is 306 g/mol. The third kappa shape index (κ3) is 5.35. The predicted octanol–water partition coefficient (Wildman–Crippen LogP) is 4.20. The van der Waals surface area contributed by atoms with Crippen molar-refractivity contribution in [2.45, 2.75) is 77.8 Å². The van der Waals surface area contributed by atoms with Gasteiger partial charge in [0.05, 0.1) is 6.04 Å². The van der Waals surface area contributed by atoms with Gasteiger partial charge in [0, 0.05) is 18.8 Å². The maximum Gasteiger partial charge on any atom is 0.0664 e. The Labute approximate surface area is 137 Å². The summed E-state index contributed by atoms with van der Waals surface area (Å²) >= 11 is 0. The van der Waals surface area contributed by atoms with Crippen LogP contribution in [0.1, 0.15) is 65.7 Å². The molecule has 1 saturated heterocycles. The van der Waals surface area contributed by atoms with Crippen molar-refractivity contribution in [3.05, 3.63) is 24.6 Å². The maximum absolute atomic E-state index is 3.67. The molecular weight excluding hydrogens is 270 g/mol. The van der Waals surface area contributed by atoms with E-state index in [4.69, 9.17) is 0 Å². The number of hydrazine groups is 1. The summed E-state index contributed by atoms with van der Waals surface area (Å²) in [7, 11) is 0. The molecule has 0 saturated carbocycles. The Kier molecular flexibility index (Phi) is 7.31. The number of hydrogen-bond acceptors (Lipinski definition) is 3. The zero-order valence-corrected chi connectivity index (χ0v) is 14.7. The number of fused-ring (bicyclic) bond motifs is 1. The van der Waals surface area contributed by atoms with E-state index in [9.17, 15) is 0 Å². The van der Waals surface area contributed by atoms with Crippen molar-refractivity contribution >= 4 is 0 Å². The molecule has 0 aromatic heterocycles. The van der Waals surface area contributed by atoms with Crippen LogP contribution < -0.4 is 10.7 Å². The molecule has 0 radical (unpaired) electrons. The van der Waals surface area contributed by atoms with Gasteiger partial charge in [-0.05, 0) is 50.1 Å². The first-order valence-electron chi connectivity index (χ1n) is 9.28. The highest BCUT2D eigenvalue weighted by Gasteiger charge is 2.31. The third-order valence-electron chi connectivity index (χ3n) is 5.04. The normalized spacial score (nSPS) is 34.4.